The van der Waals surface area contributed by atoms with Crippen molar-refractivity contribution < 1.29 is 13.9 Å². The lowest BCUT2D eigenvalue weighted by Gasteiger charge is -2.24. The van der Waals surface area contributed by atoms with Crippen molar-refractivity contribution in [3.8, 4) is 0 Å². The van der Waals surface area contributed by atoms with Gasteiger partial charge in [-0.3, -0.25) is 4.79 Å². The van der Waals surface area contributed by atoms with Crippen LogP contribution in [0.25, 0.3) is 0 Å². The van der Waals surface area contributed by atoms with E-state index >= 15 is 0 Å². The molecule has 6 heteroatoms. The van der Waals surface area contributed by atoms with Crippen molar-refractivity contribution in [2.75, 3.05) is 32.0 Å². The van der Waals surface area contributed by atoms with Gasteiger partial charge in [0.25, 0.3) is 5.91 Å². The third-order valence-corrected chi connectivity index (χ3v) is 4.14. The van der Waals surface area contributed by atoms with Crippen molar-refractivity contribution in [1.82, 2.24) is 4.90 Å². The normalized spacial score (nSPS) is 18.2. The Kier molecular flexibility index (Phi) is 4.99. The van der Waals surface area contributed by atoms with Crippen molar-refractivity contribution in [1.29, 1.82) is 0 Å². The second-order valence-corrected chi connectivity index (χ2v) is 5.78. The van der Waals surface area contributed by atoms with E-state index in [0.717, 1.165) is 13.0 Å². The van der Waals surface area contributed by atoms with Gasteiger partial charge in [-0.1, -0.05) is 0 Å². The molecule has 1 aromatic rings. The van der Waals surface area contributed by atoms with E-state index in [9.17, 15) is 9.18 Å². The molecule has 20 heavy (non-hydrogen) atoms. The van der Waals surface area contributed by atoms with E-state index in [1.807, 2.05) is 6.92 Å². The van der Waals surface area contributed by atoms with Gasteiger partial charge in [-0.05, 0) is 41.4 Å². The smallest absolute Gasteiger partial charge is 0.255 e. The van der Waals surface area contributed by atoms with Gasteiger partial charge in [-0.15, -0.1) is 0 Å². The van der Waals surface area contributed by atoms with E-state index in [2.05, 4.69) is 15.9 Å². The van der Waals surface area contributed by atoms with Gasteiger partial charge in [0.15, 0.2) is 0 Å². The van der Waals surface area contributed by atoms with Crippen molar-refractivity contribution in [2.45, 2.75) is 13.3 Å². The molecule has 1 aromatic carbocycles. The van der Waals surface area contributed by atoms with Crippen molar-refractivity contribution in [2.24, 2.45) is 5.92 Å². The first-order valence-electron chi connectivity index (χ1n) is 6.64. The SMILES string of the molecule is CCN(CC1CCOC1)C(=O)c1cc(N)c(F)cc1Br. The van der Waals surface area contributed by atoms with E-state index in [0.29, 0.717) is 35.7 Å². The zero-order valence-corrected chi connectivity index (χ0v) is 13.0. The number of nitrogens with zero attached hydrogens (tertiary/aromatic N) is 1. The zero-order valence-electron chi connectivity index (χ0n) is 11.4. The first kappa shape index (κ1) is 15.3. The van der Waals surface area contributed by atoms with E-state index in [1.54, 1.807) is 4.90 Å². The van der Waals surface area contributed by atoms with E-state index in [-0.39, 0.29) is 11.6 Å². The molecule has 0 bridgehead atoms. The van der Waals surface area contributed by atoms with Gasteiger partial charge in [0.1, 0.15) is 5.82 Å². The first-order chi connectivity index (χ1) is 9.52. The quantitative estimate of drug-likeness (QED) is 0.854. The number of ether oxygens (including phenoxy) is 1. The molecule has 4 nitrogen and oxygen atoms in total. The Hall–Kier alpha value is -1.14. The minimum Gasteiger partial charge on any atom is -0.396 e. The van der Waals surface area contributed by atoms with Crippen LogP contribution < -0.4 is 5.73 Å². The van der Waals surface area contributed by atoms with Gasteiger partial charge >= 0.3 is 0 Å². The fraction of sp³-hybridized carbons (Fsp3) is 0.500. The van der Waals surface area contributed by atoms with Crippen molar-refractivity contribution in [3.05, 3.63) is 28.0 Å². The van der Waals surface area contributed by atoms with Gasteiger partial charge in [0.2, 0.25) is 0 Å². The topological polar surface area (TPSA) is 55.6 Å². The molecule has 110 valence electrons. The minimum atomic E-state index is -0.527. The van der Waals surface area contributed by atoms with Crippen molar-refractivity contribution in [3.63, 3.8) is 0 Å². The molecule has 1 unspecified atom stereocenters. The van der Waals surface area contributed by atoms with Crippen molar-refractivity contribution >= 4 is 27.5 Å². The Morgan fingerprint density at radius 1 is 1.60 bits per heavy atom. The van der Waals surface area contributed by atoms with Crippen LogP contribution in [0.1, 0.15) is 23.7 Å². The van der Waals surface area contributed by atoms with Crippen LogP contribution >= 0.6 is 15.9 Å². The molecule has 1 heterocycles. The van der Waals surface area contributed by atoms with E-state index < -0.39 is 5.82 Å². The molecule has 1 saturated heterocycles. The molecule has 1 aliphatic heterocycles. The van der Waals surface area contributed by atoms with Crippen LogP contribution in [-0.2, 0) is 4.74 Å². The van der Waals surface area contributed by atoms with Gasteiger partial charge < -0.3 is 15.4 Å². The fourth-order valence-corrected chi connectivity index (χ4v) is 2.78. The standard InChI is InChI=1S/C14H18BrFN2O2/c1-2-18(7-9-3-4-20-8-9)14(19)10-5-13(17)12(16)6-11(10)15/h5-6,9H,2-4,7-8,17H2,1H3. The number of carbonyl (C=O) groups excluding carboxylic acids is 1. The highest BCUT2D eigenvalue weighted by molar-refractivity contribution is 9.10. The second kappa shape index (κ2) is 6.54. The maximum atomic E-state index is 13.3. The Balaban J connectivity index is 2.17. The summed E-state index contributed by atoms with van der Waals surface area (Å²) in [4.78, 5) is 14.3. The highest BCUT2D eigenvalue weighted by Gasteiger charge is 2.24. The highest BCUT2D eigenvalue weighted by Crippen LogP contribution is 2.25. The van der Waals surface area contributed by atoms with E-state index in [4.69, 9.17) is 10.5 Å². The third-order valence-electron chi connectivity index (χ3n) is 3.49. The lowest BCUT2D eigenvalue weighted by molar-refractivity contribution is 0.0730. The number of nitrogens with two attached hydrogens (primary N) is 1. The summed E-state index contributed by atoms with van der Waals surface area (Å²) in [5.74, 6) is -0.297. The van der Waals surface area contributed by atoms with Crippen LogP contribution in [0, 0.1) is 11.7 Å². The number of anilines is 1. The van der Waals surface area contributed by atoms with E-state index in [1.165, 1.54) is 12.1 Å². The van der Waals surface area contributed by atoms with Crippen LogP contribution in [0.2, 0.25) is 0 Å². The Morgan fingerprint density at radius 3 is 2.95 bits per heavy atom. The zero-order chi connectivity index (χ0) is 14.7. The van der Waals surface area contributed by atoms with Gasteiger partial charge in [-0.2, -0.15) is 0 Å². The number of carbonyl (C=O) groups is 1. The molecule has 2 rings (SSSR count). The fourth-order valence-electron chi connectivity index (χ4n) is 2.29. The number of benzene rings is 1. The average Bonchev–Trinajstić information content (AvgIpc) is 2.92. The number of halogens is 2. The van der Waals surface area contributed by atoms with Gasteiger partial charge in [-0.25, -0.2) is 4.39 Å². The first-order valence-corrected chi connectivity index (χ1v) is 7.43. The predicted molar refractivity (Wildman–Crippen MR) is 79.0 cm³/mol. The average molecular weight is 345 g/mol. The highest BCUT2D eigenvalue weighted by atomic mass is 79.9. The number of amides is 1. The number of nitrogen functional groups attached to an aromatic ring is 1. The summed E-state index contributed by atoms with van der Waals surface area (Å²) in [5.41, 5.74) is 5.92. The molecular weight excluding hydrogens is 327 g/mol. The number of hydrogen-bond acceptors (Lipinski definition) is 3. The summed E-state index contributed by atoms with van der Waals surface area (Å²) in [5, 5.41) is 0. The summed E-state index contributed by atoms with van der Waals surface area (Å²) in [6.45, 7) is 4.62. The molecule has 0 aromatic heterocycles. The summed E-state index contributed by atoms with van der Waals surface area (Å²) in [6, 6.07) is 2.62. The molecule has 0 saturated carbocycles. The summed E-state index contributed by atoms with van der Waals surface area (Å²) in [7, 11) is 0. The molecule has 1 aliphatic rings. The number of rotatable bonds is 4. The number of hydrogen-bond donors (Lipinski definition) is 1. The molecule has 0 radical (unpaired) electrons. The van der Waals surface area contributed by atoms with Crippen LogP contribution in [-0.4, -0.2) is 37.1 Å². The maximum Gasteiger partial charge on any atom is 0.255 e. The molecule has 0 aliphatic carbocycles. The molecular formula is C14H18BrFN2O2. The Morgan fingerprint density at radius 2 is 2.35 bits per heavy atom. The maximum absolute atomic E-state index is 13.3. The van der Waals surface area contributed by atoms with Gasteiger partial charge in [0.05, 0.1) is 17.9 Å². The van der Waals surface area contributed by atoms with Crippen LogP contribution in [0.3, 0.4) is 0 Å². The van der Waals surface area contributed by atoms with Crippen LogP contribution in [0.4, 0.5) is 10.1 Å². The molecule has 1 amide bonds. The summed E-state index contributed by atoms with van der Waals surface area (Å²) in [6.07, 6.45) is 0.969. The Labute approximate surface area is 126 Å². The lowest BCUT2D eigenvalue weighted by Crippen LogP contribution is -2.35. The molecule has 1 atom stereocenters. The predicted octanol–water partition coefficient (Wildman–Crippen LogP) is 2.67. The third kappa shape index (κ3) is 3.30. The Bertz CT molecular complexity index is 504. The lowest BCUT2D eigenvalue weighted by atomic mass is 10.1. The summed E-state index contributed by atoms with van der Waals surface area (Å²) >= 11 is 3.22. The molecule has 0 spiro atoms. The molecule has 2 N–H and O–H groups in total. The van der Waals surface area contributed by atoms with Crippen LogP contribution in [0.15, 0.2) is 16.6 Å². The second-order valence-electron chi connectivity index (χ2n) is 4.93. The molecule has 1 fully saturated rings. The monoisotopic (exact) mass is 344 g/mol. The minimum absolute atomic E-state index is 0.0168. The van der Waals surface area contributed by atoms with Gasteiger partial charge in [0, 0.05) is 30.1 Å². The summed E-state index contributed by atoms with van der Waals surface area (Å²) < 4.78 is 19.1. The largest absolute Gasteiger partial charge is 0.396 e. The van der Waals surface area contributed by atoms with Crippen LogP contribution in [0.5, 0.6) is 0 Å².